The fraction of sp³-hybridized carbons (Fsp3) is 0.716. The van der Waals surface area contributed by atoms with Crippen molar-refractivity contribution < 1.29 is 42.9 Å². The highest BCUT2D eigenvalue weighted by atomic mass is 16.7. The van der Waals surface area contributed by atoms with Gasteiger partial charge in [-0.15, -0.1) is 0 Å². The number of aliphatic carboxylic acids is 1. The van der Waals surface area contributed by atoms with Crippen molar-refractivity contribution in [3.63, 3.8) is 0 Å². The second-order valence-corrected chi connectivity index (χ2v) is 23.7. The van der Waals surface area contributed by atoms with E-state index in [0.717, 1.165) is 103 Å². The third-order valence-electron chi connectivity index (χ3n) is 14.5. The van der Waals surface area contributed by atoms with Crippen molar-refractivity contribution in [1.82, 2.24) is 0 Å². The lowest BCUT2D eigenvalue weighted by Crippen LogP contribution is -2.44. The van der Waals surface area contributed by atoms with Crippen molar-refractivity contribution >= 4 is 17.9 Å². The van der Waals surface area contributed by atoms with Gasteiger partial charge in [-0.2, -0.15) is 0 Å². The van der Waals surface area contributed by atoms with Gasteiger partial charge in [-0.3, -0.25) is 9.59 Å². The average Bonchev–Trinajstić information content (AvgIpc) is 3.46. The Labute approximate surface area is 511 Å². The quantitative estimate of drug-likeness (QED) is 0.0195. The molecule has 0 saturated carbocycles. The molecule has 0 amide bonds. The second-order valence-electron chi connectivity index (χ2n) is 23.7. The molecule has 476 valence electrons. The number of allylic oxidation sites excluding steroid dienone is 18. The number of unbranched alkanes of at least 4 members (excludes halogenated alkanes) is 29. The summed E-state index contributed by atoms with van der Waals surface area (Å²) < 4.78 is 22.8. The minimum absolute atomic E-state index is 0.145. The number of carboxylic acids is 1. The molecule has 2 atom stereocenters. The summed E-state index contributed by atoms with van der Waals surface area (Å²) in [5, 5.41) is 11.8. The largest absolute Gasteiger partial charge is 0.545 e. The fourth-order valence-corrected chi connectivity index (χ4v) is 9.35. The van der Waals surface area contributed by atoms with Gasteiger partial charge in [0.1, 0.15) is 13.2 Å². The number of rotatable bonds is 62. The van der Waals surface area contributed by atoms with Gasteiger partial charge in [-0.05, 0) is 83.5 Å². The highest BCUT2D eigenvalue weighted by molar-refractivity contribution is 5.70. The van der Waals surface area contributed by atoms with E-state index in [1.165, 1.54) is 148 Å². The smallest absolute Gasteiger partial charge is 0.306 e. The maximum Gasteiger partial charge on any atom is 0.306 e. The van der Waals surface area contributed by atoms with E-state index in [1.807, 2.05) is 21.1 Å². The molecule has 0 aliphatic rings. The van der Waals surface area contributed by atoms with E-state index in [4.69, 9.17) is 18.9 Å². The number of carbonyl (C=O) groups is 3. The molecule has 0 aromatic heterocycles. The number of quaternary nitrogens is 1. The maximum atomic E-state index is 12.9. The molecule has 0 saturated heterocycles. The molecule has 2 unspecified atom stereocenters. The Bertz CT molecular complexity index is 1730. The van der Waals surface area contributed by atoms with Gasteiger partial charge in [0.2, 0.25) is 0 Å². The number of carboxylic acid groups (broad SMARTS) is 1. The van der Waals surface area contributed by atoms with Gasteiger partial charge >= 0.3 is 11.9 Å². The zero-order valence-electron chi connectivity index (χ0n) is 54.3. The Morgan fingerprint density at radius 2 is 0.687 bits per heavy atom. The number of carbonyl (C=O) groups excluding carboxylic acids is 3. The zero-order chi connectivity index (χ0) is 60.5. The van der Waals surface area contributed by atoms with Crippen LogP contribution in [0.15, 0.2) is 109 Å². The molecule has 83 heavy (non-hydrogen) atoms. The lowest BCUT2D eigenvalue weighted by atomic mass is 10.0. The van der Waals surface area contributed by atoms with Crippen LogP contribution in [0.4, 0.5) is 0 Å². The number of likely N-dealkylation sites (N-methyl/N-ethyl adjacent to an activating group) is 1. The van der Waals surface area contributed by atoms with Crippen LogP contribution in [0.25, 0.3) is 0 Å². The number of nitrogens with zero attached hydrogens (tertiary/aromatic N) is 1. The Morgan fingerprint density at radius 1 is 0.373 bits per heavy atom. The van der Waals surface area contributed by atoms with Crippen LogP contribution in [0.5, 0.6) is 0 Å². The van der Waals surface area contributed by atoms with E-state index in [2.05, 4.69) is 123 Å². The van der Waals surface area contributed by atoms with Crippen molar-refractivity contribution in [3.05, 3.63) is 109 Å². The summed E-state index contributed by atoms with van der Waals surface area (Å²) in [5.41, 5.74) is 0. The molecule has 0 spiro atoms. The van der Waals surface area contributed by atoms with Crippen molar-refractivity contribution in [2.45, 2.75) is 296 Å². The summed E-state index contributed by atoms with van der Waals surface area (Å²) in [4.78, 5) is 37.4. The SMILES string of the molecule is CC/C=C\C/C=C\C/C=C\C/C=C\C/C=C\C/C=C\C/C=C\C/C=C\C/C=C\CCCCCCCCCCCCCC(=O)OC(COC(=O)CCCCCCCCCCCCCCCCCCCCC)COC(OCC[N+](C)(C)C)C(=O)[O-]. The number of ether oxygens (including phenoxy) is 4. The Balaban J connectivity index is 4.13. The van der Waals surface area contributed by atoms with Gasteiger partial charge in [0.25, 0.3) is 0 Å². The molecule has 9 nitrogen and oxygen atoms in total. The summed E-state index contributed by atoms with van der Waals surface area (Å²) in [7, 11) is 5.93. The number of hydrogen-bond donors (Lipinski definition) is 0. The third kappa shape index (κ3) is 65.3. The summed E-state index contributed by atoms with van der Waals surface area (Å²) in [6, 6.07) is 0. The Morgan fingerprint density at radius 3 is 1.02 bits per heavy atom. The minimum Gasteiger partial charge on any atom is -0.545 e. The lowest BCUT2D eigenvalue weighted by Gasteiger charge is -2.26. The van der Waals surface area contributed by atoms with E-state index in [1.54, 1.807) is 0 Å². The molecule has 0 aliphatic carbocycles. The Hall–Kier alpha value is -4.05. The third-order valence-corrected chi connectivity index (χ3v) is 14.5. The van der Waals surface area contributed by atoms with Crippen LogP contribution in [0.2, 0.25) is 0 Å². The molecule has 0 fully saturated rings. The average molecular weight is 1160 g/mol. The van der Waals surface area contributed by atoms with Crippen LogP contribution in [0, 0.1) is 0 Å². The normalized spacial score (nSPS) is 13.4. The minimum atomic E-state index is -1.63. The predicted octanol–water partition coefficient (Wildman–Crippen LogP) is 19.7. The topological polar surface area (TPSA) is 111 Å². The van der Waals surface area contributed by atoms with Gasteiger partial charge in [0, 0.05) is 12.8 Å². The van der Waals surface area contributed by atoms with Crippen LogP contribution < -0.4 is 5.11 Å². The molecule has 0 aliphatic heterocycles. The molecular formula is C74H127NO8. The Kier molecular flexibility index (Phi) is 60.8. The van der Waals surface area contributed by atoms with Crippen LogP contribution in [0.1, 0.15) is 284 Å². The van der Waals surface area contributed by atoms with E-state index in [-0.39, 0.29) is 32.2 Å². The zero-order valence-corrected chi connectivity index (χ0v) is 54.3. The molecule has 0 aromatic rings. The first-order chi connectivity index (χ1) is 40.6. The monoisotopic (exact) mass is 1160 g/mol. The van der Waals surface area contributed by atoms with Gasteiger partial charge < -0.3 is 33.3 Å². The van der Waals surface area contributed by atoms with Crippen LogP contribution >= 0.6 is 0 Å². The highest BCUT2D eigenvalue weighted by Gasteiger charge is 2.22. The molecular weight excluding hydrogens is 1030 g/mol. The molecule has 0 bridgehead atoms. The van der Waals surface area contributed by atoms with Crippen molar-refractivity contribution in [3.8, 4) is 0 Å². The molecule has 0 N–H and O–H groups in total. The van der Waals surface area contributed by atoms with E-state index in [0.29, 0.717) is 23.9 Å². The van der Waals surface area contributed by atoms with Crippen LogP contribution in [-0.4, -0.2) is 82.3 Å². The van der Waals surface area contributed by atoms with Crippen LogP contribution in [0.3, 0.4) is 0 Å². The van der Waals surface area contributed by atoms with Crippen molar-refractivity contribution in [1.29, 1.82) is 0 Å². The first-order valence-corrected chi connectivity index (χ1v) is 34.0. The first kappa shape index (κ1) is 79.0. The summed E-state index contributed by atoms with van der Waals surface area (Å²) in [6.07, 6.45) is 85.9. The molecule has 0 radical (unpaired) electrons. The molecule has 9 heteroatoms. The lowest BCUT2D eigenvalue weighted by molar-refractivity contribution is -0.870. The molecule has 0 aromatic carbocycles. The number of hydrogen-bond acceptors (Lipinski definition) is 8. The van der Waals surface area contributed by atoms with Crippen molar-refractivity contribution in [2.75, 3.05) is 47.5 Å². The number of esters is 2. The van der Waals surface area contributed by atoms with Gasteiger partial charge in [-0.25, -0.2) is 0 Å². The molecule has 0 rings (SSSR count). The van der Waals surface area contributed by atoms with E-state index < -0.39 is 24.3 Å². The van der Waals surface area contributed by atoms with E-state index >= 15 is 0 Å². The van der Waals surface area contributed by atoms with Crippen molar-refractivity contribution in [2.24, 2.45) is 0 Å². The maximum absolute atomic E-state index is 12.9. The predicted molar refractivity (Wildman–Crippen MR) is 352 cm³/mol. The van der Waals surface area contributed by atoms with Crippen LogP contribution in [-0.2, 0) is 33.3 Å². The fourth-order valence-electron chi connectivity index (χ4n) is 9.35. The van der Waals surface area contributed by atoms with Gasteiger partial charge in [-0.1, -0.05) is 297 Å². The van der Waals surface area contributed by atoms with E-state index in [9.17, 15) is 19.5 Å². The summed E-state index contributed by atoms with van der Waals surface area (Å²) in [5.74, 6) is -2.28. The first-order valence-electron chi connectivity index (χ1n) is 34.0. The second kappa shape index (κ2) is 64.0. The highest BCUT2D eigenvalue weighted by Crippen LogP contribution is 2.17. The molecule has 0 heterocycles. The summed E-state index contributed by atoms with van der Waals surface area (Å²) in [6.45, 7) is 4.66. The van der Waals surface area contributed by atoms with Gasteiger partial charge in [0.05, 0.1) is 40.3 Å². The summed E-state index contributed by atoms with van der Waals surface area (Å²) >= 11 is 0. The van der Waals surface area contributed by atoms with Gasteiger partial charge in [0.15, 0.2) is 12.4 Å². The standard InChI is InChI=1S/C74H127NO8/c1-6-8-10-12-14-16-18-20-22-24-26-27-28-29-30-31-32-33-34-35-36-37-38-39-40-41-42-43-44-45-47-49-51-53-55-57-59-61-63-65-72(77)83-70(69-82-74(73(78)79)80-67-66-75(3,4)5)68-81-71(76)64-62-60-58-56-54-52-50-48-46-25-23-21-19-17-15-13-11-9-7-2/h8,10,14,16,20,22,26-27,29-30,32-33,35-36,38-39,41-42,70,74H,6-7,9,11-13,15,17-19,21,23-25,28,31,34,37,40,43-69H2,1-5H3/b10-8-,16-14-,22-20-,27-26-,30-29-,33-32-,36-35-,39-38-,42-41-.